The fourth-order valence-electron chi connectivity index (χ4n) is 1.59. The normalized spacial score (nSPS) is 29.2. The van der Waals surface area contributed by atoms with Gasteiger partial charge in [0.15, 0.2) is 6.29 Å². The van der Waals surface area contributed by atoms with Crippen molar-refractivity contribution >= 4 is 5.69 Å². The van der Waals surface area contributed by atoms with Gasteiger partial charge in [-0.25, -0.2) is 0 Å². The third-order valence-electron chi connectivity index (χ3n) is 2.69. The topological polar surface area (TPSA) is 61.6 Å². The Morgan fingerprint density at radius 2 is 1.88 bits per heavy atom. The standard InChI is InChI=1S/C11H13NO4/c1-7-8(2)16-11(15-7)9-4-3-5-10(6-9)12(13)14/h3-8,11H,1-2H3/t7-,8+,11?. The summed E-state index contributed by atoms with van der Waals surface area (Å²) < 4.78 is 11.1. The molecule has 1 aliphatic heterocycles. The van der Waals surface area contributed by atoms with Crippen molar-refractivity contribution in [2.75, 3.05) is 0 Å². The van der Waals surface area contributed by atoms with Crippen molar-refractivity contribution in [3.8, 4) is 0 Å². The molecular formula is C11H13NO4. The molecule has 0 aromatic heterocycles. The monoisotopic (exact) mass is 223 g/mol. The number of non-ortho nitro benzene ring substituents is 1. The van der Waals surface area contributed by atoms with Gasteiger partial charge in [-0.1, -0.05) is 12.1 Å². The molecule has 0 N–H and O–H groups in total. The Labute approximate surface area is 93.1 Å². The summed E-state index contributed by atoms with van der Waals surface area (Å²) in [6, 6.07) is 6.33. The van der Waals surface area contributed by atoms with Gasteiger partial charge in [0.2, 0.25) is 0 Å². The first-order valence-corrected chi connectivity index (χ1v) is 5.13. The van der Waals surface area contributed by atoms with Gasteiger partial charge >= 0.3 is 0 Å². The molecule has 1 saturated heterocycles. The van der Waals surface area contributed by atoms with Gasteiger partial charge < -0.3 is 9.47 Å². The van der Waals surface area contributed by atoms with Crippen LogP contribution < -0.4 is 0 Å². The van der Waals surface area contributed by atoms with Crippen molar-refractivity contribution in [2.45, 2.75) is 32.3 Å². The van der Waals surface area contributed by atoms with Crippen molar-refractivity contribution in [1.82, 2.24) is 0 Å². The van der Waals surface area contributed by atoms with E-state index in [4.69, 9.17) is 9.47 Å². The van der Waals surface area contributed by atoms with E-state index in [1.165, 1.54) is 12.1 Å². The Kier molecular flexibility index (Phi) is 2.89. The lowest BCUT2D eigenvalue weighted by Gasteiger charge is -2.09. The van der Waals surface area contributed by atoms with E-state index >= 15 is 0 Å². The number of hydrogen-bond acceptors (Lipinski definition) is 4. The van der Waals surface area contributed by atoms with Gasteiger partial charge in [0.25, 0.3) is 5.69 Å². The molecule has 0 radical (unpaired) electrons. The predicted octanol–water partition coefficient (Wildman–Crippen LogP) is 2.42. The van der Waals surface area contributed by atoms with Gasteiger partial charge in [0, 0.05) is 17.7 Å². The molecule has 2 rings (SSSR count). The molecule has 0 amide bonds. The predicted molar refractivity (Wildman–Crippen MR) is 56.9 cm³/mol. The first-order chi connectivity index (χ1) is 7.58. The van der Waals surface area contributed by atoms with Crippen LogP contribution in [-0.2, 0) is 9.47 Å². The van der Waals surface area contributed by atoms with E-state index in [1.54, 1.807) is 12.1 Å². The molecular weight excluding hydrogens is 210 g/mol. The van der Waals surface area contributed by atoms with Gasteiger partial charge in [-0.15, -0.1) is 0 Å². The molecule has 86 valence electrons. The molecule has 3 atom stereocenters. The number of nitro groups is 1. The third-order valence-corrected chi connectivity index (χ3v) is 2.69. The summed E-state index contributed by atoms with van der Waals surface area (Å²) in [5, 5.41) is 10.6. The lowest BCUT2D eigenvalue weighted by atomic mass is 10.2. The fraction of sp³-hybridized carbons (Fsp3) is 0.455. The quantitative estimate of drug-likeness (QED) is 0.570. The Hall–Kier alpha value is -1.46. The van der Waals surface area contributed by atoms with Gasteiger partial charge in [-0.3, -0.25) is 10.1 Å². The highest BCUT2D eigenvalue weighted by Gasteiger charge is 2.31. The van der Waals surface area contributed by atoms with Crippen LogP contribution in [0.1, 0.15) is 25.7 Å². The molecule has 0 aliphatic carbocycles. The minimum Gasteiger partial charge on any atom is -0.343 e. The molecule has 0 saturated carbocycles. The smallest absolute Gasteiger partial charge is 0.269 e. The van der Waals surface area contributed by atoms with Crippen LogP contribution in [0.25, 0.3) is 0 Å². The minimum atomic E-state index is -0.495. The summed E-state index contributed by atoms with van der Waals surface area (Å²) >= 11 is 0. The van der Waals surface area contributed by atoms with Gasteiger partial charge in [-0.2, -0.15) is 0 Å². The summed E-state index contributed by atoms with van der Waals surface area (Å²) in [5.74, 6) is 0. The maximum absolute atomic E-state index is 10.6. The molecule has 16 heavy (non-hydrogen) atoms. The lowest BCUT2D eigenvalue weighted by molar-refractivity contribution is -0.385. The largest absolute Gasteiger partial charge is 0.343 e. The average molecular weight is 223 g/mol. The van der Waals surface area contributed by atoms with Gasteiger partial charge in [-0.05, 0) is 13.8 Å². The minimum absolute atomic E-state index is 0.00395. The summed E-state index contributed by atoms with van der Waals surface area (Å²) in [4.78, 5) is 10.2. The highest BCUT2D eigenvalue weighted by atomic mass is 16.7. The molecule has 0 bridgehead atoms. The van der Waals surface area contributed by atoms with Crippen molar-refractivity contribution in [3.05, 3.63) is 39.9 Å². The van der Waals surface area contributed by atoms with Crippen molar-refractivity contribution in [3.63, 3.8) is 0 Å². The molecule has 1 aromatic rings. The first-order valence-electron chi connectivity index (χ1n) is 5.13. The Bertz CT molecular complexity index is 397. The Balaban J connectivity index is 2.21. The summed E-state index contributed by atoms with van der Waals surface area (Å²) in [6.07, 6.45) is -0.488. The van der Waals surface area contributed by atoms with Crippen molar-refractivity contribution in [2.24, 2.45) is 0 Å². The Morgan fingerprint density at radius 1 is 1.25 bits per heavy atom. The second-order valence-electron chi connectivity index (χ2n) is 3.87. The van der Waals surface area contributed by atoms with E-state index in [1.807, 2.05) is 13.8 Å². The van der Waals surface area contributed by atoms with Crippen LogP contribution in [0.5, 0.6) is 0 Å². The van der Waals surface area contributed by atoms with Crippen molar-refractivity contribution in [1.29, 1.82) is 0 Å². The number of ether oxygens (including phenoxy) is 2. The third kappa shape index (κ3) is 2.05. The summed E-state index contributed by atoms with van der Waals surface area (Å²) in [5.41, 5.74) is 0.738. The number of nitrogens with zero attached hydrogens (tertiary/aromatic N) is 1. The maximum atomic E-state index is 10.6. The number of hydrogen-bond donors (Lipinski definition) is 0. The second-order valence-corrected chi connectivity index (χ2v) is 3.87. The molecule has 0 spiro atoms. The van der Waals surface area contributed by atoms with Gasteiger partial charge in [0.1, 0.15) is 0 Å². The fourth-order valence-corrected chi connectivity index (χ4v) is 1.59. The van der Waals surface area contributed by atoms with Crippen LogP contribution in [0.3, 0.4) is 0 Å². The summed E-state index contributed by atoms with van der Waals surface area (Å²) in [7, 11) is 0. The van der Waals surface area contributed by atoms with Crippen LogP contribution in [0.4, 0.5) is 5.69 Å². The number of rotatable bonds is 2. The van der Waals surface area contributed by atoms with Gasteiger partial charge in [0.05, 0.1) is 17.1 Å². The number of benzene rings is 1. The molecule has 1 fully saturated rings. The van der Waals surface area contributed by atoms with E-state index in [9.17, 15) is 10.1 Å². The molecule has 1 heterocycles. The van der Waals surface area contributed by atoms with Crippen molar-refractivity contribution < 1.29 is 14.4 Å². The highest BCUT2D eigenvalue weighted by molar-refractivity contribution is 5.35. The molecule has 5 nitrogen and oxygen atoms in total. The van der Waals surface area contributed by atoms with E-state index in [2.05, 4.69) is 0 Å². The van der Waals surface area contributed by atoms with Crippen LogP contribution >= 0.6 is 0 Å². The second kappa shape index (κ2) is 4.19. The van der Waals surface area contributed by atoms with E-state index in [0.29, 0.717) is 5.56 Å². The molecule has 1 aliphatic rings. The van der Waals surface area contributed by atoms with Crippen LogP contribution in [0.2, 0.25) is 0 Å². The summed E-state index contributed by atoms with van der Waals surface area (Å²) in [6.45, 7) is 3.84. The van der Waals surface area contributed by atoms with Crippen LogP contribution in [-0.4, -0.2) is 17.1 Å². The van der Waals surface area contributed by atoms with E-state index < -0.39 is 11.2 Å². The van der Waals surface area contributed by atoms with E-state index in [0.717, 1.165) is 0 Å². The average Bonchev–Trinajstić information content (AvgIpc) is 2.59. The van der Waals surface area contributed by atoms with Crippen LogP contribution in [0, 0.1) is 10.1 Å². The maximum Gasteiger partial charge on any atom is 0.269 e. The molecule has 1 unspecified atom stereocenters. The Morgan fingerprint density at radius 3 is 2.44 bits per heavy atom. The lowest BCUT2D eigenvalue weighted by Crippen LogP contribution is -2.13. The SMILES string of the molecule is C[C@@H]1OC(c2cccc([N+](=O)[O-])c2)O[C@@H]1C. The zero-order valence-corrected chi connectivity index (χ0v) is 9.12. The molecule has 5 heteroatoms. The van der Waals surface area contributed by atoms with Crippen LogP contribution in [0.15, 0.2) is 24.3 Å². The zero-order chi connectivity index (χ0) is 11.7. The van der Waals surface area contributed by atoms with E-state index in [-0.39, 0.29) is 17.9 Å². The highest BCUT2D eigenvalue weighted by Crippen LogP contribution is 2.32. The number of nitro benzene ring substituents is 1. The zero-order valence-electron chi connectivity index (χ0n) is 9.12. The first kappa shape index (κ1) is 11.0. The molecule has 1 aromatic carbocycles.